The average Bonchev–Trinajstić information content (AvgIpc) is 2.92. The summed E-state index contributed by atoms with van der Waals surface area (Å²) in [6, 6.07) is 0.785. The van der Waals surface area contributed by atoms with Gasteiger partial charge in [-0.05, 0) is 6.92 Å². The van der Waals surface area contributed by atoms with Crippen molar-refractivity contribution >= 4 is 28.7 Å². The predicted octanol–water partition coefficient (Wildman–Crippen LogP) is 1.52. The summed E-state index contributed by atoms with van der Waals surface area (Å²) >= 11 is 1.40. The smallest absolute Gasteiger partial charge is 0.288 e. The summed E-state index contributed by atoms with van der Waals surface area (Å²) in [7, 11) is 0. The predicted molar refractivity (Wildman–Crippen MR) is 73.3 cm³/mol. The fourth-order valence-corrected chi connectivity index (χ4v) is 2.18. The van der Waals surface area contributed by atoms with E-state index in [1.807, 2.05) is 0 Å². The van der Waals surface area contributed by atoms with E-state index in [2.05, 4.69) is 15.3 Å². The Morgan fingerprint density at radius 2 is 2.30 bits per heavy atom. The zero-order valence-corrected chi connectivity index (χ0v) is 11.3. The van der Waals surface area contributed by atoms with Gasteiger partial charge in [-0.2, -0.15) is 0 Å². The summed E-state index contributed by atoms with van der Waals surface area (Å²) in [4.78, 5) is 29.9. The number of thiazole rings is 1. The van der Waals surface area contributed by atoms with Gasteiger partial charge in [0.05, 0.1) is 16.5 Å². The van der Waals surface area contributed by atoms with Crippen LogP contribution in [0.25, 0.3) is 0 Å². The highest BCUT2D eigenvalue weighted by Crippen LogP contribution is 2.19. The Hall–Kier alpha value is -2.55. The summed E-state index contributed by atoms with van der Waals surface area (Å²) in [6.45, 7) is 1.76. The van der Waals surface area contributed by atoms with E-state index in [1.54, 1.807) is 18.5 Å². The lowest BCUT2D eigenvalue weighted by molar-refractivity contribution is -0.385. The second kappa shape index (κ2) is 5.61. The van der Waals surface area contributed by atoms with Crippen LogP contribution in [0.15, 0.2) is 23.8 Å². The molecule has 0 radical (unpaired) electrons. The van der Waals surface area contributed by atoms with Gasteiger partial charge in [0.2, 0.25) is 0 Å². The van der Waals surface area contributed by atoms with Crippen LogP contribution in [0.3, 0.4) is 0 Å². The maximum absolute atomic E-state index is 12.1. The second-order valence-corrected chi connectivity index (χ2v) is 4.88. The molecule has 1 atom stereocenters. The molecule has 0 spiro atoms. The van der Waals surface area contributed by atoms with Crippen molar-refractivity contribution in [2.45, 2.75) is 13.0 Å². The van der Waals surface area contributed by atoms with Crippen LogP contribution in [0.5, 0.6) is 0 Å². The lowest BCUT2D eigenvalue weighted by Gasteiger charge is -2.11. The molecule has 2 aromatic heterocycles. The Bertz CT molecular complexity index is 644. The quantitative estimate of drug-likeness (QED) is 0.650. The molecule has 0 saturated heterocycles. The molecule has 0 aromatic carbocycles. The van der Waals surface area contributed by atoms with Gasteiger partial charge in [-0.3, -0.25) is 14.9 Å². The third-order valence-electron chi connectivity index (χ3n) is 2.53. The fourth-order valence-electron chi connectivity index (χ4n) is 1.53. The number of nitrogens with two attached hydrogens (primary N) is 1. The fraction of sp³-hybridized carbons (Fsp3) is 0.182. The van der Waals surface area contributed by atoms with Crippen molar-refractivity contribution in [1.29, 1.82) is 0 Å². The number of nitrogens with zero attached hydrogens (tertiary/aromatic N) is 3. The van der Waals surface area contributed by atoms with Crippen molar-refractivity contribution in [3.63, 3.8) is 0 Å². The molecule has 0 aliphatic carbocycles. The first-order valence-electron chi connectivity index (χ1n) is 5.59. The van der Waals surface area contributed by atoms with E-state index in [0.29, 0.717) is 0 Å². The van der Waals surface area contributed by atoms with E-state index in [9.17, 15) is 14.9 Å². The molecule has 20 heavy (non-hydrogen) atoms. The number of anilines is 1. The zero-order chi connectivity index (χ0) is 14.7. The maximum Gasteiger partial charge on any atom is 0.288 e. The van der Waals surface area contributed by atoms with Gasteiger partial charge in [0.25, 0.3) is 11.6 Å². The number of carbonyl (C=O) groups is 1. The van der Waals surface area contributed by atoms with E-state index < -0.39 is 10.8 Å². The van der Waals surface area contributed by atoms with Crippen molar-refractivity contribution in [3.05, 3.63) is 44.5 Å². The van der Waals surface area contributed by atoms with Gasteiger partial charge in [-0.1, -0.05) is 0 Å². The van der Waals surface area contributed by atoms with Gasteiger partial charge in [0.15, 0.2) is 0 Å². The molecular formula is C11H11N5O3S. The highest BCUT2D eigenvalue weighted by atomic mass is 32.1. The first kappa shape index (κ1) is 13.9. The Morgan fingerprint density at radius 3 is 2.90 bits per heavy atom. The average molecular weight is 293 g/mol. The third-order valence-corrected chi connectivity index (χ3v) is 3.49. The number of rotatable bonds is 4. The van der Waals surface area contributed by atoms with Crippen molar-refractivity contribution in [2.24, 2.45) is 0 Å². The molecule has 0 aliphatic rings. The molecule has 2 rings (SSSR count). The van der Waals surface area contributed by atoms with Gasteiger partial charge >= 0.3 is 0 Å². The molecule has 1 unspecified atom stereocenters. The molecule has 0 saturated carbocycles. The first-order valence-corrected chi connectivity index (χ1v) is 6.47. The summed E-state index contributed by atoms with van der Waals surface area (Å²) in [5.41, 5.74) is 5.27. The third kappa shape index (κ3) is 2.88. The minimum absolute atomic E-state index is 0.0254. The van der Waals surface area contributed by atoms with E-state index in [-0.39, 0.29) is 23.1 Å². The van der Waals surface area contributed by atoms with Crippen LogP contribution in [0.4, 0.5) is 11.5 Å². The molecule has 0 bridgehead atoms. The molecule has 3 N–H and O–H groups in total. The molecule has 2 heterocycles. The number of carbonyl (C=O) groups excluding carboxylic acids is 1. The van der Waals surface area contributed by atoms with E-state index in [1.165, 1.54) is 11.3 Å². The summed E-state index contributed by atoms with van der Waals surface area (Å²) in [6.07, 6.45) is 2.64. The van der Waals surface area contributed by atoms with Crippen molar-refractivity contribution in [3.8, 4) is 0 Å². The summed E-state index contributed by atoms with van der Waals surface area (Å²) in [5, 5.41) is 15.9. The molecule has 9 heteroatoms. The van der Waals surface area contributed by atoms with Crippen LogP contribution in [-0.4, -0.2) is 20.8 Å². The van der Waals surface area contributed by atoms with E-state index >= 15 is 0 Å². The highest BCUT2D eigenvalue weighted by Gasteiger charge is 2.19. The molecule has 0 fully saturated rings. The number of nitrogen functional groups attached to an aromatic ring is 1. The number of hydrogen-bond acceptors (Lipinski definition) is 7. The second-order valence-electron chi connectivity index (χ2n) is 3.95. The number of nitrogens with one attached hydrogen (secondary N) is 1. The van der Waals surface area contributed by atoms with Gasteiger partial charge in [0.1, 0.15) is 17.0 Å². The maximum atomic E-state index is 12.1. The van der Waals surface area contributed by atoms with E-state index in [0.717, 1.165) is 17.3 Å². The number of amides is 1. The molecule has 2 aromatic rings. The standard InChI is InChI=1S/C11H11N5O3S/c1-6(11-13-2-3-20-11)15-10(17)8-4-7(16(18)19)5-14-9(8)12/h2-6H,1H3,(H2,12,14)(H,15,17). The van der Waals surface area contributed by atoms with Crippen LogP contribution < -0.4 is 11.1 Å². The number of pyridine rings is 1. The number of hydrogen-bond donors (Lipinski definition) is 2. The van der Waals surface area contributed by atoms with E-state index in [4.69, 9.17) is 5.73 Å². The SMILES string of the molecule is CC(NC(=O)c1cc([N+](=O)[O-])cnc1N)c1nccs1. The van der Waals surface area contributed by atoms with Crippen LogP contribution in [0, 0.1) is 10.1 Å². The van der Waals surface area contributed by atoms with Gasteiger partial charge in [-0.15, -0.1) is 11.3 Å². The van der Waals surface area contributed by atoms with Crippen LogP contribution >= 0.6 is 11.3 Å². The number of aromatic nitrogens is 2. The summed E-state index contributed by atoms with van der Waals surface area (Å²) < 4.78 is 0. The summed E-state index contributed by atoms with van der Waals surface area (Å²) in [5.74, 6) is -0.583. The molecule has 8 nitrogen and oxygen atoms in total. The number of nitro groups is 1. The van der Waals surface area contributed by atoms with Crippen molar-refractivity contribution < 1.29 is 9.72 Å². The van der Waals surface area contributed by atoms with Crippen LogP contribution in [0.2, 0.25) is 0 Å². The lowest BCUT2D eigenvalue weighted by Crippen LogP contribution is -2.27. The monoisotopic (exact) mass is 293 g/mol. The Morgan fingerprint density at radius 1 is 1.55 bits per heavy atom. The van der Waals surface area contributed by atoms with Crippen molar-refractivity contribution in [1.82, 2.24) is 15.3 Å². The highest BCUT2D eigenvalue weighted by molar-refractivity contribution is 7.09. The Labute approximate surface area is 117 Å². The topological polar surface area (TPSA) is 124 Å². The van der Waals surface area contributed by atoms with Gasteiger partial charge in [-0.25, -0.2) is 9.97 Å². The minimum Gasteiger partial charge on any atom is -0.383 e. The van der Waals surface area contributed by atoms with Gasteiger partial charge in [0, 0.05) is 17.6 Å². The Balaban J connectivity index is 2.20. The van der Waals surface area contributed by atoms with Crippen LogP contribution in [-0.2, 0) is 0 Å². The van der Waals surface area contributed by atoms with Crippen molar-refractivity contribution in [2.75, 3.05) is 5.73 Å². The largest absolute Gasteiger partial charge is 0.383 e. The minimum atomic E-state index is -0.631. The van der Waals surface area contributed by atoms with Crippen LogP contribution in [0.1, 0.15) is 28.3 Å². The van der Waals surface area contributed by atoms with Gasteiger partial charge < -0.3 is 11.1 Å². The Kier molecular flexibility index (Phi) is 3.89. The molecular weight excluding hydrogens is 282 g/mol. The first-order chi connectivity index (χ1) is 9.49. The normalized spacial score (nSPS) is 11.8. The zero-order valence-electron chi connectivity index (χ0n) is 10.4. The molecule has 1 amide bonds. The molecule has 0 aliphatic heterocycles. The molecule has 104 valence electrons. The lowest BCUT2D eigenvalue weighted by atomic mass is 10.2.